The molecule has 3 aromatic rings. The number of nitrogens with one attached hydrogen (secondary N) is 1. The molecular formula is C28H28Cl3NO4. The molecule has 36 heavy (non-hydrogen) atoms. The quantitative estimate of drug-likeness (QED) is 0.251. The predicted octanol–water partition coefficient (Wildman–Crippen LogP) is 7.58. The number of esters is 1. The van der Waals surface area contributed by atoms with Crippen LogP contribution in [0, 0.1) is 0 Å². The van der Waals surface area contributed by atoms with Crippen molar-refractivity contribution in [3.05, 3.63) is 99.0 Å². The van der Waals surface area contributed by atoms with E-state index in [1.807, 2.05) is 37.3 Å². The lowest BCUT2D eigenvalue weighted by molar-refractivity contribution is -0.151. The van der Waals surface area contributed by atoms with Crippen LogP contribution in [0.15, 0.2) is 72.8 Å². The second-order valence-electron chi connectivity index (χ2n) is 8.56. The van der Waals surface area contributed by atoms with Gasteiger partial charge in [-0.05, 0) is 49.6 Å². The van der Waals surface area contributed by atoms with Crippen molar-refractivity contribution in [1.82, 2.24) is 5.32 Å². The van der Waals surface area contributed by atoms with Gasteiger partial charge in [0.15, 0.2) is 11.6 Å². The van der Waals surface area contributed by atoms with Crippen molar-refractivity contribution in [3.8, 4) is 5.75 Å². The first kappa shape index (κ1) is 27.9. The molecule has 190 valence electrons. The van der Waals surface area contributed by atoms with Crippen molar-refractivity contribution in [2.24, 2.45) is 0 Å². The van der Waals surface area contributed by atoms with Gasteiger partial charge in [0.2, 0.25) is 0 Å². The van der Waals surface area contributed by atoms with E-state index in [-0.39, 0.29) is 6.61 Å². The Morgan fingerprint density at radius 2 is 1.58 bits per heavy atom. The zero-order valence-electron chi connectivity index (χ0n) is 20.1. The largest absolute Gasteiger partial charge is 0.478 e. The molecule has 0 bridgehead atoms. The minimum Gasteiger partial charge on any atom is -0.478 e. The molecule has 3 rings (SSSR count). The molecule has 0 fully saturated rings. The molecule has 0 spiro atoms. The van der Waals surface area contributed by atoms with E-state index in [9.17, 15) is 9.59 Å². The number of unbranched alkanes of at least 4 members (excludes halogenated alkanes) is 1. The molecule has 2 atom stereocenters. The van der Waals surface area contributed by atoms with E-state index in [1.165, 1.54) is 0 Å². The molecule has 0 heterocycles. The standard InChI is InChI=1S/C28H28Cl3NO4/c1-3-4-14-28(2,36-22-16-20(29)15-21(30)17-22)27(34)32-25(23-12-8-9-13-24(23)31)26(33)35-18-19-10-6-5-7-11-19/h5-13,15-17,25H,3-4,14,18H2,1-2H3,(H,32,34). The molecule has 0 saturated heterocycles. The molecule has 0 aliphatic heterocycles. The van der Waals surface area contributed by atoms with E-state index in [0.29, 0.717) is 39.2 Å². The highest BCUT2D eigenvalue weighted by molar-refractivity contribution is 6.34. The van der Waals surface area contributed by atoms with Crippen LogP contribution in [0.25, 0.3) is 0 Å². The van der Waals surface area contributed by atoms with Crippen LogP contribution < -0.4 is 10.1 Å². The van der Waals surface area contributed by atoms with E-state index >= 15 is 0 Å². The number of rotatable bonds is 11. The molecule has 0 radical (unpaired) electrons. The minimum atomic E-state index is -1.32. The van der Waals surface area contributed by atoms with Crippen molar-refractivity contribution in [3.63, 3.8) is 0 Å². The van der Waals surface area contributed by atoms with Gasteiger partial charge in [-0.2, -0.15) is 0 Å². The Morgan fingerprint density at radius 1 is 0.944 bits per heavy atom. The summed E-state index contributed by atoms with van der Waals surface area (Å²) in [6.07, 6.45) is 1.96. The third-order valence-corrected chi connectivity index (χ3v) is 6.40. The van der Waals surface area contributed by atoms with Gasteiger partial charge in [0.1, 0.15) is 12.4 Å². The second-order valence-corrected chi connectivity index (χ2v) is 9.84. The normalized spacial score (nSPS) is 13.4. The fourth-order valence-corrected chi connectivity index (χ4v) is 4.39. The van der Waals surface area contributed by atoms with E-state index in [0.717, 1.165) is 12.0 Å². The molecule has 0 aliphatic carbocycles. The summed E-state index contributed by atoms with van der Waals surface area (Å²) in [7, 11) is 0. The SMILES string of the molecule is CCCCC(C)(Oc1cc(Cl)cc(Cl)c1)C(=O)NC(C(=O)OCc1ccccc1)c1ccccc1Cl. The maximum absolute atomic E-state index is 13.7. The molecule has 1 amide bonds. The molecule has 3 aromatic carbocycles. The highest BCUT2D eigenvalue weighted by Crippen LogP contribution is 2.31. The Balaban J connectivity index is 1.88. The summed E-state index contributed by atoms with van der Waals surface area (Å²) in [5, 5.41) is 3.92. The lowest BCUT2D eigenvalue weighted by atomic mass is 9.96. The third-order valence-electron chi connectivity index (χ3n) is 5.62. The molecule has 0 saturated carbocycles. The van der Waals surface area contributed by atoms with Gasteiger partial charge in [0.25, 0.3) is 5.91 Å². The number of amides is 1. The fourth-order valence-electron chi connectivity index (χ4n) is 3.64. The van der Waals surface area contributed by atoms with E-state index in [1.54, 1.807) is 49.4 Å². The third kappa shape index (κ3) is 7.63. The predicted molar refractivity (Wildman–Crippen MR) is 144 cm³/mol. The van der Waals surface area contributed by atoms with Gasteiger partial charge in [-0.1, -0.05) is 96.7 Å². The summed E-state index contributed by atoms with van der Waals surface area (Å²) in [6.45, 7) is 3.74. The molecule has 2 unspecified atom stereocenters. The van der Waals surface area contributed by atoms with Crippen LogP contribution in [0.5, 0.6) is 5.75 Å². The lowest BCUT2D eigenvalue weighted by Crippen LogP contribution is -2.51. The van der Waals surface area contributed by atoms with E-state index in [4.69, 9.17) is 44.3 Å². The number of carbonyl (C=O) groups is 2. The van der Waals surface area contributed by atoms with Crippen LogP contribution in [-0.4, -0.2) is 17.5 Å². The van der Waals surface area contributed by atoms with Crippen molar-refractivity contribution >= 4 is 46.7 Å². The first-order chi connectivity index (χ1) is 17.2. The lowest BCUT2D eigenvalue weighted by Gasteiger charge is -2.31. The minimum absolute atomic E-state index is 0.0567. The number of carbonyl (C=O) groups excluding carboxylic acids is 2. The summed E-state index contributed by atoms with van der Waals surface area (Å²) < 4.78 is 11.7. The Hall–Kier alpha value is -2.73. The second kappa shape index (κ2) is 13.0. The first-order valence-corrected chi connectivity index (χ1v) is 12.8. The zero-order valence-corrected chi connectivity index (χ0v) is 22.4. The van der Waals surface area contributed by atoms with Crippen LogP contribution in [0.4, 0.5) is 0 Å². The summed E-state index contributed by atoms with van der Waals surface area (Å²) in [5.41, 5.74) is -0.0678. The first-order valence-electron chi connectivity index (χ1n) is 11.6. The van der Waals surface area contributed by atoms with Crippen molar-refractivity contribution in [2.45, 2.75) is 51.4 Å². The monoisotopic (exact) mass is 547 g/mol. The Bertz CT molecular complexity index is 1170. The number of ether oxygens (including phenoxy) is 2. The fraction of sp³-hybridized carbons (Fsp3) is 0.286. The summed E-state index contributed by atoms with van der Waals surface area (Å²) in [4.78, 5) is 26.9. The van der Waals surface area contributed by atoms with Crippen molar-refractivity contribution < 1.29 is 19.1 Å². The number of hydrogen-bond donors (Lipinski definition) is 1. The Morgan fingerprint density at radius 3 is 2.22 bits per heavy atom. The molecule has 5 nitrogen and oxygen atoms in total. The summed E-state index contributed by atoms with van der Waals surface area (Å²) in [5.74, 6) is -0.778. The average Bonchev–Trinajstić information content (AvgIpc) is 2.85. The van der Waals surface area contributed by atoms with Crippen LogP contribution in [0.1, 0.15) is 50.3 Å². The maximum atomic E-state index is 13.7. The number of benzene rings is 3. The Labute approximate surface area is 226 Å². The summed E-state index contributed by atoms with van der Waals surface area (Å²) in [6, 6.07) is 19.7. The number of halogens is 3. The van der Waals surface area contributed by atoms with Crippen LogP contribution in [-0.2, 0) is 20.9 Å². The molecular weight excluding hydrogens is 521 g/mol. The van der Waals surface area contributed by atoms with E-state index in [2.05, 4.69) is 5.32 Å². The van der Waals surface area contributed by atoms with Crippen LogP contribution in [0.2, 0.25) is 15.1 Å². The van der Waals surface area contributed by atoms with Gasteiger partial charge < -0.3 is 14.8 Å². The van der Waals surface area contributed by atoms with Gasteiger partial charge >= 0.3 is 5.97 Å². The van der Waals surface area contributed by atoms with E-state index < -0.39 is 23.5 Å². The molecule has 8 heteroatoms. The van der Waals surface area contributed by atoms with Gasteiger partial charge in [-0.15, -0.1) is 0 Å². The molecule has 1 N–H and O–H groups in total. The van der Waals surface area contributed by atoms with Crippen LogP contribution in [0.3, 0.4) is 0 Å². The van der Waals surface area contributed by atoms with Gasteiger partial charge in [0.05, 0.1) is 0 Å². The van der Waals surface area contributed by atoms with Gasteiger partial charge in [-0.25, -0.2) is 4.79 Å². The van der Waals surface area contributed by atoms with Crippen molar-refractivity contribution in [2.75, 3.05) is 0 Å². The smallest absolute Gasteiger partial charge is 0.333 e. The number of hydrogen-bond acceptors (Lipinski definition) is 4. The molecule has 0 aliphatic rings. The Kier molecular flexibility index (Phi) is 10.1. The zero-order chi connectivity index (χ0) is 26.1. The maximum Gasteiger partial charge on any atom is 0.333 e. The van der Waals surface area contributed by atoms with Gasteiger partial charge in [0, 0.05) is 20.6 Å². The topological polar surface area (TPSA) is 64.6 Å². The van der Waals surface area contributed by atoms with Crippen LogP contribution >= 0.6 is 34.8 Å². The molecule has 0 aromatic heterocycles. The highest BCUT2D eigenvalue weighted by atomic mass is 35.5. The van der Waals surface area contributed by atoms with Gasteiger partial charge in [-0.3, -0.25) is 4.79 Å². The van der Waals surface area contributed by atoms with Crippen molar-refractivity contribution in [1.29, 1.82) is 0 Å². The summed E-state index contributed by atoms with van der Waals surface area (Å²) >= 11 is 18.7. The average molecular weight is 549 g/mol. The highest BCUT2D eigenvalue weighted by Gasteiger charge is 2.39.